The van der Waals surface area contributed by atoms with Gasteiger partial charge < -0.3 is 10.3 Å². The Labute approximate surface area is 175 Å². The van der Waals surface area contributed by atoms with Crippen molar-refractivity contribution in [2.24, 2.45) is 0 Å². The van der Waals surface area contributed by atoms with Crippen molar-refractivity contribution < 1.29 is 13.2 Å². The normalized spacial score (nSPS) is 11.8. The van der Waals surface area contributed by atoms with Crippen LogP contribution in [0.2, 0.25) is 0 Å². The second kappa shape index (κ2) is 7.53. The molecule has 0 fully saturated rings. The second-order valence-corrected chi connectivity index (χ2v) is 7.22. The van der Waals surface area contributed by atoms with E-state index >= 15 is 0 Å². The molecule has 0 saturated carbocycles. The zero-order valence-corrected chi connectivity index (χ0v) is 17.0. The van der Waals surface area contributed by atoms with Crippen molar-refractivity contribution in [3.05, 3.63) is 75.2 Å². The molecule has 31 heavy (non-hydrogen) atoms. The van der Waals surface area contributed by atoms with E-state index in [9.17, 15) is 18.0 Å². The van der Waals surface area contributed by atoms with Crippen molar-refractivity contribution in [2.45, 2.75) is 26.4 Å². The summed E-state index contributed by atoms with van der Waals surface area (Å²) in [5, 5.41) is 6.79. The van der Waals surface area contributed by atoms with Gasteiger partial charge in [0, 0.05) is 31.5 Å². The monoisotopic (exact) mass is 428 g/mol. The lowest BCUT2D eigenvalue weighted by Crippen LogP contribution is -2.15. The molecule has 0 spiro atoms. The molecule has 10 heteroatoms. The number of aryl methyl sites for hydroxylation is 2. The number of rotatable bonds is 4. The molecule has 2 N–H and O–H groups in total. The van der Waals surface area contributed by atoms with E-state index in [1.54, 1.807) is 16.9 Å². The summed E-state index contributed by atoms with van der Waals surface area (Å²) in [5.74, 6) is 0.984. The van der Waals surface area contributed by atoms with Gasteiger partial charge in [-0.15, -0.1) is 0 Å². The minimum absolute atomic E-state index is 0.118. The van der Waals surface area contributed by atoms with Gasteiger partial charge in [0.2, 0.25) is 0 Å². The molecule has 0 bridgehead atoms. The average molecular weight is 428 g/mol. The molecule has 4 aromatic rings. The summed E-state index contributed by atoms with van der Waals surface area (Å²) in [6.45, 7) is 3.88. The molecule has 0 atom stereocenters. The first kappa shape index (κ1) is 20.6. The lowest BCUT2D eigenvalue weighted by molar-refractivity contribution is -0.136. The highest BCUT2D eigenvalue weighted by atomic mass is 19.4. The maximum absolute atomic E-state index is 13.3. The zero-order chi connectivity index (χ0) is 22.3. The fraction of sp³-hybridized carbons (Fsp3) is 0.238. The van der Waals surface area contributed by atoms with E-state index < -0.39 is 17.3 Å². The van der Waals surface area contributed by atoms with Crippen LogP contribution in [0.15, 0.2) is 41.5 Å². The van der Waals surface area contributed by atoms with Crippen LogP contribution in [0.1, 0.15) is 28.2 Å². The molecule has 7 nitrogen and oxygen atoms in total. The fourth-order valence-corrected chi connectivity index (χ4v) is 3.27. The van der Waals surface area contributed by atoms with E-state index in [2.05, 4.69) is 25.4 Å². The summed E-state index contributed by atoms with van der Waals surface area (Å²) in [6.07, 6.45) is -0.784. The van der Waals surface area contributed by atoms with Crippen LogP contribution in [-0.2, 0) is 12.6 Å². The van der Waals surface area contributed by atoms with E-state index in [0.29, 0.717) is 11.6 Å². The molecule has 1 aromatic carbocycles. The molecule has 0 radical (unpaired) electrons. The standard InChI is InChI=1S/C21H19F3N6O/c1-11-10-30(29-12(11)2)19-5-4-13(9-26-19)6-18-27-16-8-17(25-3)15(21(22,23)24)7-14(16)20(31)28-18/h4-5,7-10,25H,6H2,1-3H3,(H,27,28,31). The molecule has 0 aliphatic carbocycles. The number of alkyl halides is 3. The maximum atomic E-state index is 13.3. The van der Waals surface area contributed by atoms with Gasteiger partial charge in [0.1, 0.15) is 5.82 Å². The Balaban J connectivity index is 1.66. The van der Waals surface area contributed by atoms with Crippen molar-refractivity contribution in [1.82, 2.24) is 24.7 Å². The number of aromatic nitrogens is 5. The Morgan fingerprint density at radius 3 is 2.55 bits per heavy atom. The third-order valence-electron chi connectivity index (χ3n) is 5.03. The Kier molecular flexibility index (Phi) is 5.00. The lowest BCUT2D eigenvalue weighted by atomic mass is 10.1. The Morgan fingerprint density at radius 1 is 1.19 bits per heavy atom. The first-order chi connectivity index (χ1) is 14.7. The highest BCUT2D eigenvalue weighted by Crippen LogP contribution is 2.36. The van der Waals surface area contributed by atoms with Gasteiger partial charge in [0.05, 0.1) is 22.2 Å². The van der Waals surface area contributed by atoms with Crippen LogP contribution in [0.4, 0.5) is 18.9 Å². The van der Waals surface area contributed by atoms with Gasteiger partial charge in [-0.2, -0.15) is 18.3 Å². The largest absolute Gasteiger partial charge is 0.418 e. The smallest absolute Gasteiger partial charge is 0.388 e. The van der Waals surface area contributed by atoms with E-state index in [0.717, 1.165) is 22.9 Å². The summed E-state index contributed by atoms with van der Waals surface area (Å²) in [7, 11) is 1.39. The van der Waals surface area contributed by atoms with Crippen LogP contribution in [0, 0.1) is 13.8 Å². The number of nitrogens with zero attached hydrogens (tertiary/aromatic N) is 4. The summed E-state index contributed by atoms with van der Waals surface area (Å²) in [6, 6.07) is 5.70. The predicted octanol–water partition coefficient (Wildman–Crippen LogP) is 3.77. The minimum Gasteiger partial charge on any atom is -0.388 e. The van der Waals surface area contributed by atoms with Gasteiger partial charge in [0.15, 0.2) is 5.82 Å². The summed E-state index contributed by atoms with van der Waals surface area (Å²) in [4.78, 5) is 23.8. The minimum atomic E-state index is -4.59. The van der Waals surface area contributed by atoms with Gasteiger partial charge in [-0.1, -0.05) is 6.07 Å². The number of fused-ring (bicyclic) bond motifs is 1. The number of pyridine rings is 1. The number of nitrogens with one attached hydrogen (secondary N) is 2. The number of halogens is 3. The van der Waals surface area contributed by atoms with Crippen LogP contribution in [0.3, 0.4) is 0 Å². The predicted molar refractivity (Wildman–Crippen MR) is 111 cm³/mol. The SMILES string of the molecule is CNc1cc2nc(Cc3ccc(-n4cc(C)c(C)n4)nc3)[nH]c(=O)c2cc1C(F)(F)F. The molecule has 0 saturated heterocycles. The van der Waals surface area contributed by atoms with Gasteiger partial charge in [0.25, 0.3) is 5.56 Å². The second-order valence-electron chi connectivity index (χ2n) is 7.22. The van der Waals surface area contributed by atoms with Crippen LogP contribution in [0.5, 0.6) is 0 Å². The number of aromatic amines is 1. The van der Waals surface area contributed by atoms with E-state index in [1.165, 1.54) is 13.1 Å². The lowest BCUT2D eigenvalue weighted by Gasteiger charge is -2.13. The molecule has 3 aromatic heterocycles. The van der Waals surface area contributed by atoms with Gasteiger partial charge in [-0.3, -0.25) is 4.79 Å². The average Bonchev–Trinajstić information content (AvgIpc) is 3.05. The molecule has 4 rings (SSSR count). The first-order valence-electron chi connectivity index (χ1n) is 9.46. The zero-order valence-electron chi connectivity index (χ0n) is 17.0. The molecule has 3 heterocycles. The molecule has 0 amide bonds. The molecule has 0 aliphatic heterocycles. The number of anilines is 1. The summed E-state index contributed by atoms with van der Waals surface area (Å²) < 4.78 is 41.4. The van der Waals surface area contributed by atoms with Crippen molar-refractivity contribution >= 4 is 16.6 Å². The van der Waals surface area contributed by atoms with Gasteiger partial charge >= 0.3 is 6.18 Å². The summed E-state index contributed by atoms with van der Waals surface area (Å²) in [5.41, 5.74) is 1.26. The van der Waals surface area contributed by atoms with Crippen molar-refractivity contribution in [1.29, 1.82) is 0 Å². The van der Waals surface area contributed by atoms with Gasteiger partial charge in [-0.25, -0.2) is 14.6 Å². The quantitative estimate of drug-likeness (QED) is 0.517. The number of benzene rings is 1. The van der Waals surface area contributed by atoms with E-state index in [-0.39, 0.29) is 23.0 Å². The molecule has 0 unspecified atom stereocenters. The molecule has 0 aliphatic rings. The highest BCUT2D eigenvalue weighted by molar-refractivity contribution is 5.83. The van der Waals surface area contributed by atoms with Crippen molar-refractivity contribution in [3.63, 3.8) is 0 Å². The van der Waals surface area contributed by atoms with Crippen LogP contribution >= 0.6 is 0 Å². The Bertz CT molecular complexity index is 1300. The molecule has 160 valence electrons. The third kappa shape index (κ3) is 4.00. The number of hydrogen-bond donors (Lipinski definition) is 2. The number of hydrogen-bond acceptors (Lipinski definition) is 5. The fourth-order valence-electron chi connectivity index (χ4n) is 3.27. The molecular weight excluding hydrogens is 409 g/mol. The van der Waals surface area contributed by atoms with Crippen molar-refractivity contribution in [2.75, 3.05) is 12.4 Å². The van der Waals surface area contributed by atoms with Crippen LogP contribution < -0.4 is 10.9 Å². The van der Waals surface area contributed by atoms with Crippen LogP contribution in [0.25, 0.3) is 16.7 Å². The Hall–Kier alpha value is -3.69. The van der Waals surface area contributed by atoms with Gasteiger partial charge in [-0.05, 0) is 43.2 Å². The molecular formula is C21H19F3N6O. The Morgan fingerprint density at radius 2 is 1.97 bits per heavy atom. The topological polar surface area (TPSA) is 88.5 Å². The number of H-pyrrole nitrogens is 1. The maximum Gasteiger partial charge on any atom is 0.418 e. The summed E-state index contributed by atoms with van der Waals surface area (Å²) >= 11 is 0. The van der Waals surface area contributed by atoms with Crippen molar-refractivity contribution in [3.8, 4) is 5.82 Å². The first-order valence-corrected chi connectivity index (χ1v) is 9.46. The van der Waals surface area contributed by atoms with E-state index in [4.69, 9.17) is 0 Å². The third-order valence-corrected chi connectivity index (χ3v) is 5.03. The van der Waals surface area contributed by atoms with E-state index in [1.807, 2.05) is 26.1 Å². The highest BCUT2D eigenvalue weighted by Gasteiger charge is 2.34. The van der Waals surface area contributed by atoms with Crippen LogP contribution in [-0.4, -0.2) is 31.8 Å².